The van der Waals surface area contributed by atoms with E-state index in [0.29, 0.717) is 11.6 Å². The summed E-state index contributed by atoms with van der Waals surface area (Å²) in [6, 6.07) is 8.03. The lowest BCUT2D eigenvalue weighted by molar-refractivity contribution is 0.459. The highest BCUT2D eigenvalue weighted by Gasteiger charge is 2.12. The smallest absolute Gasteiger partial charge is 0.233 e. The minimum atomic E-state index is 0.544. The van der Waals surface area contributed by atoms with Crippen LogP contribution in [0.25, 0.3) is 0 Å². The van der Waals surface area contributed by atoms with Gasteiger partial charge in [0.25, 0.3) is 0 Å². The highest BCUT2D eigenvalue weighted by molar-refractivity contribution is 9.10. The fourth-order valence-corrected chi connectivity index (χ4v) is 2.69. The summed E-state index contributed by atoms with van der Waals surface area (Å²) in [6.45, 7) is 0. The highest BCUT2D eigenvalue weighted by atomic mass is 79.9. The van der Waals surface area contributed by atoms with Crippen molar-refractivity contribution in [3.8, 4) is 11.6 Å². The Balaban J connectivity index is 1.88. The number of hydrogen-bond donors (Lipinski definition) is 1. The molecule has 1 heterocycles. The van der Waals surface area contributed by atoms with Crippen LogP contribution in [0.1, 0.15) is 17.5 Å². The zero-order valence-corrected chi connectivity index (χ0v) is 11.4. The molecule has 0 saturated heterocycles. The van der Waals surface area contributed by atoms with Gasteiger partial charge in [-0.15, -0.1) is 0 Å². The lowest BCUT2D eigenvalue weighted by atomic mass is 10.1. The largest absolute Gasteiger partial charge is 0.438 e. The van der Waals surface area contributed by atoms with Gasteiger partial charge in [0.05, 0.1) is 16.4 Å². The fourth-order valence-electron chi connectivity index (χ4n) is 2.24. The first kappa shape index (κ1) is 11.5. The van der Waals surface area contributed by atoms with Crippen molar-refractivity contribution >= 4 is 21.6 Å². The molecule has 0 unspecified atom stereocenters. The Hall–Kier alpha value is -1.55. The molecule has 1 aromatic carbocycles. The van der Waals surface area contributed by atoms with Crippen molar-refractivity contribution in [2.75, 3.05) is 5.73 Å². The molecule has 2 N–H and O–H groups in total. The first-order valence-corrected chi connectivity index (χ1v) is 6.72. The summed E-state index contributed by atoms with van der Waals surface area (Å²) in [5.74, 6) is 1.37. The first-order valence-electron chi connectivity index (χ1n) is 5.93. The van der Waals surface area contributed by atoms with Crippen molar-refractivity contribution in [2.45, 2.75) is 19.3 Å². The number of benzene rings is 1. The molecule has 1 aliphatic rings. The molecule has 0 fully saturated rings. The second-order valence-corrected chi connectivity index (χ2v) is 5.30. The SMILES string of the molecule is Nc1cnc(Oc2ccc3c(c2)CCC3)c(Br)c1. The van der Waals surface area contributed by atoms with Crippen LogP contribution < -0.4 is 10.5 Å². The number of nitrogens with two attached hydrogens (primary N) is 1. The van der Waals surface area contributed by atoms with Gasteiger partial charge in [0.15, 0.2) is 0 Å². The quantitative estimate of drug-likeness (QED) is 0.920. The third-order valence-corrected chi connectivity index (χ3v) is 3.68. The van der Waals surface area contributed by atoms with Crippen LogP contribution in [-0.2, 0) is 12.8 Å². The van der Waals surface area contributed by atoms with Crippen molar-refractivity contribution in [1.29, 1.82) is 0 Å². The van der Waals surface area contributed by atoms with Gasteiger partial charge in [-0.2, -0.15) is 0 Å². The van der Waals surface area contributed by atoms with Crippen molar-refractivity contribution in [2.24, 2.45) is 0 Å². The molecule has 0 radical (unpaired) electrons. The molecule has 4 heteroatoms. The molecule has 0 amide bonds. The zero-order chi connectivity index (χ0) is 12.5. The average Bonchev–Trinajstić information content (AvgIpc) is 2.80. The lowest BCUT2D eigenvalue weighted by Gasteiger charge is -2.08. The molecule has 2 aromatic rings. The van der Waals surface area contributed by atoms with E-state index in [0.717, 1.165) is 16.6 Å². The van der Waals surface area contributed by atoms with Gasteiger partial charge in [-0.25, -0.2) is 4.98 Å². The normalized spacial score (nSPS) is 13.4. The topological polar surface area (TPSA) is 48.1 Å². The van der Waals surface area contributed by atoms with Crippen LogP contribution in [-0.4, -0.2) is 4.98 Å². The zero-order valence-electron chi connectivity index (χ0n) is 9.82. The number of ether oxygens (including phenoxy) is 1. The van der Waals surface area contributed by atoms with Gasteiger partial charge in [0.1, 0.15) is 5.75 Å². The number of hydrogen-bond acceptors (Lipinski definition) is 3. The number of rotatable bonds is 2. The van der Waals surface area contributed by atoms with Crippen molar-refractivity contribution in [1.82, 2.24) is 4.98 Å². The molecular formula is C14H13BrN2O. The van der Waals surface area contributed by atoms with Gasteiger partial charge in [-0.05, 0) is 64.5 Å². The molecule has 92 valence electrons. The Morgan fingerprint density at radius 3 is 2.83 bits per heavy atom. The summed E-state index contributed by atoms with van der Waals surface area (Å²) in [4.78, 5) is 4.17. The van der Waals surface area contributed by atoms with Gasteiger partial charge in [-0.1, -0.05) is 6.07 Å². The summed E-state index contributed by atoms with van der Waals surface area (Å²) < 4.78 is 6.54. The van der Waals surface area contributed by atoms with E-state index in [1.54, 1.807) is 12.3 Å². The fraction of sp³-hybridized carbons (Fsp3) is 0.214. The molecule has 0 saturated carbocycles. The molecule has 0 atom stereocenters. The van der Waals surface area contributed by atoms with E-state index >= 15 is 0 Å². The molecular weight excluding hydrogens is 292 g/mol. The first-order chi connectivity index (χ1) is 8.72. The van der Waals surface area contributed by atoms with Crippen molar-refractivity contribution in [3.63, 3.8) is 0 Å². The van der Waals surface area contributed by atoms with Gasteiger partial charge in [-0.3, -0.25) is 0 Å². The van der Waals surface area contributed by atoms with Gasteiger partial charge in [0.2, 0.25) is 5.88 Å². The molecule has 0 bridgehead atoms. The highest BCUT2D eigenvalue weighted by Crippen LogP contribution is 2.31. The molecule has 1 aromatic heterocycles. The van der Waals surface area contributed by atoms with E-state index in [-0.39, 0.29) is 0 Å². The van der Waals surface area contributed by atoms with Crippen LogP contribution in [0.5, 0.6) is 11.6 Å². The summed E-state index contributed by atoms with van der Waals surface area (Å²) in [5, 5.41) is 0. The van der Waals surface area contributed by atoms with Crippen LogP contribution >= 0.6 is 15.9 Å². The van der Waals surface area contributed by atoms with E-state index < -0.39 is 0 Å². The maximum absolute atomic E-state index is 5.78. The number of anilines is 1. The molecule has 0 spiro atoms. The molecule has 18 heavy (non-hydrogen) atoms. The standard InChI is InChI=1S/C14H13BrN2O/c15-13-7-11(16)8-17-14(13)18-12-5-4-9-2-1-3-10(9)6-12/h4-8H,1-3,16H2. The van der Waals surface area contributed by atoms with E-state index in [4.69, 9.17) is 10.5 Å². The number of nitrogens with zero attached hydrogens (tertiary/aromatic N) is 1. The Kier molecular flexibility index (Phi) is 2.96. The Bertz CT molecular complexity index is 598. The number of nitrogen functional groups attached to an aromatic ring is 1. The van der Waals surface area contributed by atoms with Crippen molar-refractivity contribution in [3.05, 3.63) is 46.1 Å². The van der Waals surface area contributed by atoms with Crippen LogP contribution in [0.2, 0.25) is 0 Å². The second-order valence-electron chi connectivity index (χ2n) is 4.44. The summed E-state index contributed by atoms with van der Waals surface area (Å²) in [7, 11) is 0. The third-order valence-electron chi connectivity index (χ3n) is 3.11. The second kappa shape index (κ2) is 4.61. The van der Waals surface area contributed by atoms with E-state index in [1.807, 2.05) is 6.07 Å². The minimum absolute atomic E-state index is 0.544. The summed E-state index contributed by atoms with van der Waals surface area (Å²) >= 11 is 3.40. The number of halogens is 1. The van der Waals surface area contributed by atoms with Crippen LogP contribution in [0.15, 0.2) is 34.9 Å². The lowest BCUT2D eigenvalue weighted by Crippen LogP contribution is -1.93. The van der Waals surface area contributed by atoms with Crippen LogP contribution in [0, 0.1) is 0 Å². The number of aryl methyl sites for hydroxylation is 2. The Morgan fingerprint density at radius 1 is 1.17 bits per heavy atom. The minimum Gasteiger partial charge on any atom is -0.438 e. The summed E-state index contributed by atoms with van der Waals surface area (Å²) in [6.07, 6.45) is 5.15. The van der Waals surface area contributed by atoms with Crippen LogP contribution in [0.3, 0.4) is 0 Å². The summed E-state index contributed by atoms with van der Waals surface area (Å²) in [5.41, 5.74) is 9.09. The number of pyridine rings is 1. The number of fused-ring (bicyclic) bond motifs is 1. The van der Waals surface area contributed by atoms with Crippen molar-refractivity contribution < 1.29 is 4.74 Å². The number of aromatic nitrogens is 1. The molecule has 1 aliphatic carbocycles. The maximum Gasteiger partial charge on any atom is 0.233 e. The molecule has 3 nitrogen and oxygen atoms in total. The van der Waals surface area contributed by atoms with Gasteiger partial charge < -0.3 is 10.5 Å². The van der Waals surface area contributed by atoms with Gasteiger partial charge in [0, 0.05) is 0 Å². The van der Waals surface area contributed by atoms with Crippen LogP contribution in [0.4, 0.5) is 5.69 Å². The van der Waals surface area contributed by atoms with E-state index in [9.17, 15) is 0 Å². The van der Waals surface area contributed by atoms with E-state index in [2.05, 4.69) is 33.0 Å². The predicted molar refractivity (Wildman–Crippen MR) is 74.9 cm³/mol. The Morgan fingerprint density at radius 2 is 2.00 bits per heavy atom. The molecule has 3 rings (SSSR count). The monoisotopic (exact) mass is 304 g/mol. The molecule has 0 aliphatic heterocycles. The Labute approximate surface area is 114 Å². The average molecular weight is 305 g/mol. The third kappa shape index (κ3) is 2.20. The maximum atomic E-state index is 5.78. The predicted octanol–water partition coefficient (Wildman–Crippen LogP) is 3.71. The van der Waals surface area contributed by atoms with E-state index in [1.165, 1.54) is 24.0 Å². The van der Waals surface area contributed by atoms with Gasteiger partial charge >= 0.3 is 0 Å².